The van der Waals surface area contributed by atoms with E-state index in [1.807, 2.05) is 18.2 Å². The lowest BCUT2D eigenvalue weighted by molar-refractivity contribution is -0.384. The average molecular weight is 910 g/mol. The molecule has 64 heavy (non-hydrogen) atoms. The highest BCUT2D eigenvalue weighted by Gasteiger charge is 2.41. The number of aromatic nitrogens is 2. The monoisotopic (exact) mass is 909 g/mol. The Bertz CT molecular complexity index is 2700. The summed E-state index contributed by atoms with van der Waals surface area (Å²) in [5.74, 6) is -1.08. The summed E-state index contributed by atoms with van der Waals surface area (Å²) in [6.07, 6.45) is 9.07. The Labute approximate surface area is 377 Å². The molecule has 1 saturated carbocycles. The molecule has 0 radical (unpaired) electrons. The number of nitrogens with zero attached hydrogens (tertiary/aromatic N) is 4. The first-order valence-electron chi connectivity index (χ1n) is 21.8. The number of amides is 1. The predicted molar refractivity (Wildman–Crippen MR) is 246 cm³/mol. The van der Waals surface area contributed by atoms with Crippen molar-refractivity contribution in [3.63, 3.8) is 0 Å². The Hall–Kier alpha value is -5.52. The minimum absolute atomic E-state index is 0.0416. The van der Waals surface area contributed by atoms with Crippen molar-refractivity contribution >= 4 is 61.2 Å². The topological polar surface area (TPSA) is 181 Å². The van der Waals surface area contributed by atoms with E-state index in [-0.39, 0.29) is 28.5 Å². The minimum atomic E-state index is -4.58. The first-order valence-corrected chi connectivity index (χ1v) is 23.7. The van der Waals surface area contributed by atoms with Gasteiger partial charge in [0.2, 0.25) is 0 Å². The van der Waals surface area contributed by atoms with E-state index >= 15 is 0 Å². The number of halogens is 1. The number of rotatable bonds is 12. The van der Waals surface area contributed by atoms with Gasteiger partial charge in [-0.05, 0) is 97.2 Å². The molecular weight excluding hydrogens is 858 g/mol. The maximum atomic E-state index is 14.0. The van der Waals surface area contributed by atoms with Crippen LogP contribution in [0.25, 0.3) is 16.6 Å². The number of nitro groups is 1. The molecule has 0 bridgehead atoms. The van der Waals surface area contributed by atoms with Crippen LogP contribution in [0.3, 0.4) is 0 Å². The molecular formula is C47H52ClN7O8S. The zero-order valence-corrected chi connectivity index (χ0v) is 37.5. The number of hydrogen-bond donors (Lipinski definition) is 3. The van der Waals surface area contributed by atoms with Gasteiger partial charge in [0.1, 0.15) is 22.8 Å². The highest BCUT2D eigenvalue weighted by Crippen LogP contribution is 2.44. The Kier molecular flexibility index (Phi) is 12.2. The average Bonchev–Trinajstić information content (AvgIpc) is 3.95. The van der Waals surface area contributed by atoms with Crippen molar-refractivity contribution < 1.29 is 32.3 Å². The molecule has 0 unspecified atom stereocenters. The second-order valence-electron chi connectivity index (χ2n) is 18.0. The standard InChI is InChI=1S/C47H52ClN7O8S/c1-46(2)15-11-33(40(28-46)31-3-5-34(48)6-4-31)30-53-19-21-54(22-20-53)36-7-9-39(43(26-36)63-37-25-32-14-18-49-44(32)50-29-37)45(56)52-64(59,60)38-8-10-41(42(27-38)55(57)58)51-35-12-16-47(17-13-35)61-23-24-62-47/h3-10,14,18,25-27,29,35,51H,11-13,15-17,19-24,28,30H2,1-2H3,(H,49,50)(H,52,56). The fourth-order valence-electron chi connectivity index (χ4n) is 9.38. The number of nitrogens with one attached hydrogen (secondary N) is 3. The largest absolute Gasteiger partial charge is 0.455 e. The lowest BCUT2D eigenvalue weighted by Crippen LogP contribution is -2.47. The number of nitro benzene ring substituents is 1. The van der Waals surface area contributed by atoms with Crippen LogP contribution < -0.4 is 19.7 Å². The maximum absolute atomic E-state index is 14.0. The molecule has 2 aromatic heterocycles. The number of ether oxygens (including phenoxy) is 3. The molecule has 15 nitrogen and oxygen atoms in total. The SMILES string of the molecule is CC1(C)CCC(CN2CCN(c3ccc(C(=O)NS(=O)(=O)c4ccc(NC5CCC6(CC5)OCCO6)c([N+](=O)[O-])c4)c(Oc4cnc5[nH]ccc5c4)c3)CC2)=C(c2ccc(Cl)cc2)C1. The van der Waals surface area contributed by atoms with Crippen LogP contribution >= 0.6 is 11.6 Å². The van der Waals surface area contributed by atoms with E-state index in [1.165, 1.54) is 35.0 Å². The first-order chi connectivity index (χ1) is 30.7. The molecule has 4 heterocycles. The number of carbonyl (C=O) groups is 1. The number of aromatic amines is 1. The number of hydrogen-bond acceptors (Lipinski definition) is 12. The normalized spacial score (nSPS) is 19.3. The number of sulfonamides is 1. The van der Waals surface area contributed by atoms with Gasteiger partial charge in [-0.15, -0.1) is 0 Å². The Balaban J connectivity index is 0.919. The van der Waals surface area contributed by atoms with Gasteiger partial charge in [-0.1, -0.05) is 43.2 Å². The number of carbonyl (C=O) groups excluding carboxylic acids is 1. The third-order valence-corrected chi connectivity index (χ3v) is 14.5. The van der Waals surface area contributed by atoms with Crippen LogP contribution in [0.1, 0.15) is 74.7 Å². The summed E-state index contributed by atoms with van der Waals surface area (Å²) >= 11 is 6.25. The summed E-state index contributed by atoms with van der Waals surface area (Å²) < 4.78 is 47.6. The summed E-state index contributed by atoms with van der Waals surface area (Å²) in [4.78, 5) is 37.4. The number of benzene rings is 3. The van der Waals surface area contributed by atoms with E-state index in [0.717, 1.165) is 74.1 Å². The predicted octanol–water partition coefficient (Wildman–Crippen LogP) is 8.92. The molecule has 1 spiro atoms. The van der Waals surface area contributed by atoms with Crippen LogP contribution in [-0.4, -0.2) is 91.9 Å². The molecule has 3 aromatic carbocycles. The third-order valence-electron chi connectivity index (χ3n) is 13.0. The van der Waals surface area contributed by atoms with E-state index in [0.29, 0.717) is 50.3 Å². The molecule has 2 aliphatic heterocycles. The zero-order chi connectivity index (χ0) is 44.6. The lowest BCUT2D eigenvalue weighted by Gasteiger charge is -2.39. The van der Waals surface area contributed by atoms with E-state index in [4.69, 9.17) is 25.8 Å². The van der Waals surface area contributed by atoms with Gasteiger partial charge in [0.05, 0.1) is 34.8 Å². The van der Waals surface area contributed by atoms with Crippen molar-refractivity contribution in [2.45, 2.75) is 75.5 Å². The van der Waals surface area contributed by atoms with Crippen LogP contribution in [0, 0.1) is 15.5 Å². The number of anilines is 2. The molecule has 2 saturated heterocycles. The quantitative estimate of drug-likeness (QED) is 0.0800. The van der Waals surface area contributed by atoms with Crippen molar-refractivity contribution in [2.24, 2.45) is 5.41 Å². The number of H-pyrrole nitrogens is 1. The van der Waals surface area contributed by atoms with Crippen LogP contribution in [0.15, 0.2) is 95.7 Å². The number of allylic oxidation sites excluding steroid dienone is 1. The molecule has 0 atom stereocenters. The lowest BCUT2D eigenvalue weighted by atomic mass is 9.72. The van der Waals surface area contributed by atoms with Crippen LogP contribution in [-0.2, 0) is 19.5 Å². The van der Waals surface area contributed by atoms with Gasteiger partial charge in [0.25, 0.3) is 21.6 Å². The van der Waals surface area contributed by atoms with Crippen LogP contribution in [0.2, 0.25) is 5.02 Å². The van der Waals surface area contributed by atoms with Gasteiger partial charge in [-0.3, -0.25) is 19.8 Å². The second kappa shape index (κ2) is 17.8. The summed E-state index contributed by atoms with van der Waals surface area (Å²) in [5, 5.41) is 17.0. The van der Waals surface area contributed by atoms with Crippen molar-refractivity contribution in [3.8, 4) is 11.5 Å². The van der Waals surface area contributed by atoms with Gasteiger partial charge in [0, 0.05) is 86.0 Å². The molecule has 336 valence electrons. The Morgan fingerprint density at radius 3 is 2.47 bits per heavy atom. The molecule has 9 rings (SSSR count). The van der Waals surface area contributed by atoms with Crippen molar-refractivity contribution in [3.05, 3.63) is 117 Å². The second-order valence-corrected chi connectivity index (χ2v) is 20.1. The van der Waals surface area contributed by atoms with Gasteiger partial charge >= 0.3 is 0 Å². The third kappa shape index (κ3) is 9.61. The van der Waals surface area contributed by atoms with Gasteiger partial charge < -0.3 is 29.4 Å². The van der Waals surface area contributed by atoms with E-state index < -0.39 is 37.2 Å². The van der Waals surface area contributed by atoms with Crippen LogP contribution in [0.4, 0.5) is 17.1 Å². The van der Waals surface area contributed by atoms with E-state index in [9.17, 15) is 23.3 Å². The van der Waals surface area contributed by atoms with Gasteiger partial charge in [0.15, 0.2) is 5.79 Å². The van der Waals surface area contributed by atoms with E-state index in [2.05, 4.69) is 55.8 Å². The highest BCUT2D eigenvalue weighted by molar-refractivity contribution is 7.90. The number of pyridine rings is 1. The smallest absolute Gasteiger partial charge is 0.293 e. The highest BCUT2D eigenvalue weighted by atomic mass is 35.5. The fraction of sp³-hybridized carbons (Fsp3) is 0.404. The van der Waals surface area contributed by atoms with Gasteiger partial charge in [-0.25, -0.2) is 18.1 Å². The summed E-state index contributed by atoms with van der Waals surface area (Å²) in [5.41, 5.74) is 5.51. The molecule has 2 aliphatic carbocycles. The fourth-order valence-corrected chi connectivity index (χ4v) is 10.5. The molecule has 1 amide bonds. The number of piperazine rings is 1. The molecule has 3 N–H and O–H groups in total. The van der Waals surface area contributed by atoms with Crippen LogP contribution in [0.5, 0.6) is 11.5 Å². The molecule has 4 aliphatic rings. The number of fused-ring (bicyclic) bond motifs is 1. The zero-order valence-electron chi connectivity index (χ0n) is 35.9. The van der Waals surface area contributed by atoms with Crippen molar-refractivity contribution in [1.82, 2.24) is 19.6 Å². The van der Waals surface area contributed by atoms with Crippen molar-refractivity contribution in [2.75, 3.05) is 56.2 Å². The molecule has 5 aromatic rings. The molecule has 3 fully saturated rings. The Morgan fingerprint density at radius 1 is 0.984 bits per heavy atom. The summed E-state index contributed by atoms with van der Waals surface area (Å²) in [6, 6.07) is 20.3. The first kappa shape index (κ1) is 43.7. The summed E-state index contributed by atoms with van der Waals surface area (Å²) in [7, 11) is -4.58. The van der Waals surface area contributed by atoms with Crippen molar-refractivity contribution in [1.29, 1.82) is 0 Å². The Morgan fingerprint density at radius 2 is 1.73 bits per heavy atom. The molecule has 17 heteroatoms. The summed E-state index contributed by atoms with van der Waals surface area (Å²) in [6.45, 7) is 9.71. The maximum Gasteiger partial charge on any atom is 0.293 e. The van der Waals surface area contributed by atoms with Gasteiger partial charge in [-0.2, -0.15) is 0 Å². The van der Waals surface area contributed by atoms with E-state index in [1.54, 1.807) is 30.5 Å². The minimum Gasteiger partial charge on any atom is -0.455 e.